The predicted molar refractivity (Wildman–Crippen MR) is 90.2 cm³/mol. The first-order valence-electron chi connectivity index (χ1n) is 8.01. The van der Waals surface area contributed by atoms with Crippen molar-refractivity contribution in [1.82, 2.24) is 30.3 Å². The predicted octanol–water partition coefficient (Wildman–Crippen LogP) is 2.57. The molecule has 0 unspecified atom stereocenters. The Morgan fingerprint density at radius 2 is 2.08 bits per heavy atom. The number of carbonyl (C=O) groups is 1. The molecule has 1 aromatic carbocycles. The number of nitrogens with one attached hydrogen (secondary N) is 2. The highest BCUT2D eigenvalue weighted by atomic mass is 16.1. The second-order valence-corrected chi connectivity index (χ2v) is 5.39. The Labute approximate surface area is 140 Å². The van der Waals surface area contributed by atoms with Crippen molar-refractivity contribution in [3.05, 3.63) is 54.2 Å². The largest absolute Gasteiger partial charge is 0.342 e. The van der Waals surface area contributed by atoms with E-state index in [0.717, 1.165) is 17.8 Å². The fourth-order valence-corrected chi connectivity index (χ4v) is 2.65. The van der Waals surface area contributed by atoms with Crippen LogP contribution in [0.1, 0.15) is 42.5 Å². The Balaban J connectivity index is 1.84. The average molecular weight is 324 g/mol. The van der Waals surface area contributed by atoms with Crippen LogP contribution in [0.15, 0.2) is 42.9 Å². The zero-order valence-corrected chi connectivity index (χ0v) is 13.7. The number of amides is 1. The monoisotopic (exact) mass is 324 g/mol. The number of aromatic amines is 1. The van der Waals surface area contributed by atoms with Gasteiger partial charge in [0.2, 0.25) is 0 Å². The first-order valence-corrected chi connectivity index (χ1v) is 8.01. The summed E-state index contributed by atoms with van der Waals surface area (Å²) < 4.78 is 1.79. The van der Waals surface area contributed by atoms with Gasteiger partial charge in [-0.05, 0) is 13.3 Å². The molecule has 2 aromatic heterocycles. The zero-order chi connectivity index (χ0) is 16.9. The van der Waals surface area contributed by atoms with E-state index in [1.54, 1.807) is 10.9 Å². The van der Waals surface area contributed by atoms with Gasteiger partial charge in [-0.15, -0.1) is 0 Å². The van der Waals surface area contributed by atoms with Crippen molar-refractivity contribution in [2.45, 2.75) is 32.9 Å². The Morgan fingerprint density at radius 1 is 1.29 bits per heavy atom. The third-order valence-corrected chi connectivity index (χ3v) is 3.92. The molecule has 3 rings (SSSR count). The lowest BCUT2D eigenvalue weighted by Crippen LogP contribution is -2.30. The number of carbonyl (C=O) groups excluding carboxylic acids is 1. The normalized spacial score (nSPS) is 12.1. The second-order valence-electron chi connectivity index (χ2n) is 5.39. The molecule has 0 saturated carbocycles. The minimum atomic E-state index is -0.196. The Hall–Kier alpha value is -2.96. The highest BCUT2D eigenvalue weighted by Gasteiger charge is 2.21. The molecule has 1 amide bonds. The van der Waals surface area contributed by atoms with Crippen LogP contribution in [0, 0.1) is 0 Å². The molecule has 0 aliphatic rings. The maximum absolute atomic E-state index is 12.7. The molecule has 0 spiro atoms. The van der Waals surface area contributed by atoms with Crippen LogP contribution >= 0.6 is 0 Å². The number of hydrogen-bond donors (Lipinski definition) is 2. The smallest absolute Gasteiger partial charge is 0.255 e. The molecule has 7 nitrogen and oxygen atoms in total. The average Bonchev–Trinajstić information content (AvgIpc) is 3.29. The Kier molecular flexibility index (Phi) is 4.69. The van der Waals surface area contributed by atoms with E-state index in [1.807, 2.05) is 44.2 Å². The molecule has 3 aromatic rings. The van der Waals surface area contributed by atoms with Crippen molar-refractivity contribution in [3.63, 3.8) is 0 Å². The topological polar surface area (TPSA) is 88.5 Å². The molecule has 24 heavy (non-hydrogen) atoms. The quantitative estimate of drug-likeness (QED) is 0.729. The molecule has 0 radical (unpaired) electrons. The van der Waals surface area contributed by atoms with Crippen LogP contribution in [-0.2, 0) is 6.54 Å². The van der Waals surface area contributed by atoms with E-state index in [9.17, 15) is 4.79 Å². The van der Waals surface area contributed by atoms with E-state index in [-0.39, 0.29) is 11.9 Å². The van der Waals surface area contributed by atoms with Crippen LogP contribution in [0.2, 0.25) is 0 Å². The number of H-pyrrole nitrogens is 1. The van der Waals surface area contributed by atoms with Crippen LogP contribution in [0.25, 0.3) is 11.3 Å². The van der Waals surface area contributed by atoms with Gasteiger partial charge in [-0.2, -0.15) is 10.2 Å². The SMILES string of the molecule is CC[C@H](NC(=O)c1cn[nH]c1-c1ccccc1)c1ncnn1CC. The molecule has 0 aliphatic carbocycles. The summed E-state index contributed by atoms with van der Waals surface area (Å²) >= 11 is 0. The highest BCUT2D eigenvalue weighted by Crippen LogP contribution is 2.22. The summed E-state index contributed by atoms with van der Waals surface area (Å²) in [7, 11) is 0. The first kappa shape index (κ1) is 15.9. The van der Waals surface area contributed by atoms with Crippen LogP contribution in [0.3, 0.4) is 0 Å². The van der Waals surface area contributed by atoms with E-state index >= 15 is 0 Å². The Bertz CT molecular complexity index is 807. The summed E-state index contributed by atoms with van der Waals surface area (Å²) in [6.07, 6.45) is 3.79. The molecule has 124 valence electrons. The van der Waals surface area contributed by atoms with E-state index in [0.29, 0.717) is 17.8 Å². The third-order valence-electron chi connectivity index (χ3n) is 3.92. The number of hydrogen-bond acceptors (Lipinski definition) is 4. The van der Waals surface area contributed by atoms with Gasteiger partial charge in [-0.1, -0.05) is 37.3 Å². The van der Waals surface area contributed by atoms with Gasteiger partial charge < -0.3 is 5.32 Å². The molecule has 0 bridgehead atoms. The second kappa shape index (κ2) is 7.08. The van der Waals surface area contributed by atoms with Crippen molar-refractivity contribution in [3.8, 4) is 11.3 Å². The van der Waals surface area contributed by atoms with Gasteiger partial charge in [0, 0.05) is 12.1 Å². The lowest BCUT2D eigenvalue weighted by atomic mass is 10.1. The summed E-state index contributed by atoms with van der Waals surface area (Å²) in [6.45, 7) is 4.71. The number of aromatic nitrogens is 5. The third kappa shape index (κ3) is 3.05. The van der Waals surface area contributed by atoms with Gasteiger partial charge >= 0.3 is 0 Å². The number of rotatable bonds is 6. The van der Waals surface area contributed by atoms with Crippen LogP contribution < -0.4 is 5.32 Å². The van der Waals surface area contributed by atoms with Gasteiger partial charge in [0.05, 0.1) is 23.5 Å². The maximum atomic E-state index is 12.7. The van der Waals surface area contributed by atoms with E-state index in [2.05, 4.69) is 25.6 Å². The van der Waals surface area contributed by atoms with Crippen LogP contribution in [0.4, 0.5) is 0 Å². The Morgan fingerprint density at radius 3 is 2.79 bits per heavy atom. The fraction of sp³-hybridized carbons (Fsp3) is 0.294. The van der Waals surface area contributed by atoms with Gasteiger partial charge in [0.15, 0.2) is 0 Å². The molecule has 0 saturated heterocycles. The summed E-state index contributed by atoms with van der Waals surface area (Å²) in [5.74, 6) is 0.582. The maximum Gasteiger partial charge on any atom is 0.255 e. The molecule has 2 heterocycles. The van der Waals surface area contributed by atoms with Crippen molar-refractivity contribution >= 4 is 5.91 Å². The van der Waals surface area contributed by atoms with E-state index in [4.69, 9.17) is 0 Å². The number of benzene rings is 1. The molecular formula is C17H20N6O. The lowest BCUT2D eigenvalue weighted by Gasteiger charge is -2.16. The van der Waals surface area contributed by atoms with Crippen LogP contribution in [0.5, 0.6) is 0 Å². The molecular weight excluding hydrogens is 304 g/mol. The highest BCUT2D eigenvalue weighted by molar-refractivity contribution is 5.99. The van der Waals surface area contributed by atoms with Crippen molar-refractivity contribution in [1.29, 1.82) is 0 Å². The van der Waals surface area contributed by atoms with Crippen LogP contribution in [-0.4, -0.2) is 30.9 Å². The van der Waals surface area contributed by atoms with Gasteiger partial charge in [-0.3, -0.25) is 9.89 Å². The van der Waals surface area contributed by atoms with Gasteiger partial charge in [-0.25, -0.2) is 9.67 Å². The molecule has 0 aliphatic heterocycles. The first-order chi connectivity index (χ1) is 11.7. The molecule has 2 N–H and O–H groups in total. The standard InChI is InChI=1S/C17H20N6O/c1-3-14(16-18-11-20-23(16)4-2)21-17(24)13-10-19-22-15(13)12-8-6-5-7-9-12/h5-11,14H,3-4H2,1-2H3,(H,19,22)(H,21,24)/t14-/m0/s1. The van der Waals surface area contributed by atoms with E-state index in [1.165, 1.54) is 6.33 Å². The van der Waals surface area contributed by atoms with Crippen molar-refractivity contribution < 1.29 is 4.79 Å². The minimum Gasteiger partial charge on any atom is -0.342 e. The summed E-state index contributed by atoms with van der Waals surface area (Å²) in [4.78, 5) is 17.0. The molecule has 1 atom stereocenters. The molecule has 0 fully saturated rings. The summed E-state index contributed by atoms with van der Waals surface area (Å²) in [5, 5.41) is 14.1. The number of aryl methyl sites for hydroxylation is 1. The summed E-state index contributed by atoms with van der Waals surface area (Å²) in [6, 6.07) is 9.47. The molecule has 7 heteroatoms. The van der Waals surface area contributed by atoms with Gasteiger partial charge in [0.1, 0.15) is 12.2 Å². The lowest BCUT2D eigenvalue weighted by molar-refractivity contribution is 0.0933. The fourth-order valence-electron chi connectivity index (χ4n) is 2.65. The van der Waals surface area contributed by atoms with Crippen molar-refractivity contribution in [2.75, 3.05) is 0 Å². The summed E-state index contributed by atoms with van der Waals surface area (Å²) in [5.41, 5.74) is 2.15. The van der Waals surface area contributed by atoms with E-state index < -0.39 is 0 Å². The minimum absolute atomic E-state index is 0.180. The van der Waals surface area contributed by atoms with Gasteiger partial charge in [0.25, 0.3) is 5.91 Å². The zero-order valence-electron chi connectivity index (χ0n) is 13.7. The van der Waals surface area contributed by atoms with Crippen molar-refractivity contribution in [2.24, 2.45) is 0 Å². The number of nitrogens with zero attached hydrogens (tertiary/aromatic N) is 4.